The van der Waals surface area contributed by atoms with Crippen LogP contribution in [-0.2, 0) is 0 Å². The highest BCUT2D eigenvalue weighted by molar-refractivity contribution is 5.85. The summed E-state index contributed by atoms with van der Waals surface area (Å²) in [5, 5.41) is 3.40. The van der Waals surface area contributed by atoms with Crippen LogP contribution in [0.15, 0.2) is 24.5 Å². The smallest absolute Gasteiger partial charge is 0.138 e. The van der Waals surface area contributed by atoms with Gasteiger partial charge < -0.3 is 10.1 Å². The zero-order valence-electron chi connectivity index (χ0n) is 8.43. The van der Waals surface area contributed by atoms with Gasteiger partial charge in [0.05, 0.1) is 6.20 Å². The SMILES string of the molecule is Cl.c1cncc(OC2[C@@H]3CNC[C@H]2C3)c1. The number of pyridine rings is 1. The van der Waals surface area contributed by atoms with Crippen LogP contribution in [0.4, 0.5) is 0 Å². The molecular formula is C11H15ClN2O. The Balaban J connectivity index is 0.000000853. The zero-order chi connectivity index (χ0) is 9.38. The van der Waals surface area contributed by atoms with Crippen molar-refractivity contribution in [3.63, 3.8) is 0 Å². The summed E-state index contributed by atoms with van der Waals surface area (Å²) in [7, 11) is 0. The van der Waals surface area contributed by atoms with E-state index in [9.17, 15) is 0 Å². The van der Waals surface area contributed by atoms with Gasteiger partial charge in [0.1, 0.15) is 11.9 Å². The quantitative estimate of drug-likeness (QED) is 0.830. The lowest BCUT2D eigenvalue weighted by atomic mass is 9.69. The number of rotatable bonds is 2. The van der Waals surface area contributed by atoms with Crippen LogP contribution >= 0.6 is 12.4 Å². The number of piperidine rings is 2. The van der Waals surface area contributed by atoms with Crippen LogP contribution in [0, 0.1) is 11.8 Å². The molecule has 0 spiro atoms. The number of fused-ring (bicyclic) bond motifs is 2. The molecule has 0 radical (unpaired) electrons. The summed E-state index contributed by atoms with van der Waals surface area (Å²) in [6, 6.07) is 3.90. The molecule has 1 aliphatic heterocycles. The molecule has 4 heteroatoms. The van der Waals surface area contributed by atoms with E-state index in [1.807, 2.05) is 12.1 Å². The first-order valence-electron chi connectivity index (χ1n) is 5.21. The molecule has 1 aromatic rings. The summed E-state index contributed by atoms with van der Waals surface area (Å²) >= 11 is 0. The van der Waals surface area contributed by atoms with Crippen molar-refractivity contribution < 1.29 is 4.74 Å². The van der Waals surface area contributed by atoms with Gasteiger partial charge in [0.25, 0.3) is 0 Å². The van der Waals surface area contributed by atoms with Gasteiger partial charge in [-0.25, -0.2) is 0 Å². The van der Waals surface area contributed by atoms with E-state index in [1.165, 1.54) is 6.42 Å². The molecule has 1 aliphatic carbocycles. The van der Waals surface area contributed by atoms with Gasteiger partial charge in [0.2, 0.25) is 0 Å². The van der Waals surface area contributed by atoms with Gasteiger partial charge in [0, 0.05) is 31.1 Å². The van der Waals surface area contributed by atoms with Gasteiger partial charge in [-0.05, 0) is 18.6 Å². The van der Waals surface area contributed by atoms with Gasteiger partial charge in [-0.1, -0.05) is 0 Å². The summed E-state index contributed by atoms with van der Waals surface area (Å²) in [6.07, 6.45) is 5.33. The highest BCUT2D eigenvalue weighted by atomic mass is 35.5. The Kier molecular flexibility index (Phi) is 3.12. The maximum Gasteiger partial charge on any atom is 0.138 e. The van der Waals surface area contributed by atoms with Gasteiger partial charge in [0.15, 0.2) is 0 Å². The summed E-state index contributed by atoms with van der Waals surface area (Å²) in [4.78, 5) is 4.05. The van der Waals surface area contributed by atoms with Crippen LogP contribution in [0.5, 0.6) is 5.75 Å². The number of hydrogen-bond acceptors (Lipinski definition) is 3. The number of ether oxygens (including phenoxy) is 1. The molecule has 2 heterocycles. The van der Waals surface area contributed by atoms with Gasteiger partial charge in [-0.15, -0.1) is 12.4 Å². The van der Waals surface area contributed by atoms with Crippen molar-refractivity contribution in [2.75, 3.05) is 13.1 Å². The second kappa shape index (κ2) is 4.37. The Morgan fingerprint density at radius 2 is 2.13 bits per heavy atom. The number of hydrogen-bond donors (Lipinski definition) is 1. The lowest BCUT2D eigenvalue weighted by Crippen LogP contribution is -2.59. The minimum absolute atomic E-state index is 0. The first kappa shape index (κ1) is 10.7. The third kappa shape index (κ3) is 1.94. The molecule has 3 rings (SSSR count). The van der Waals surface area contributed by atoms with E-state index in [0.29, 0.717) is 17.9 Å². The van der Waals surface area contributed by atoms with Crippen molar-refractivity contribution in [3.05, 3.63) is 24.5 Å². The summed E-state index contributed by atoms with van der Waals surface area (Å²) < 4.78 is 5.91. The molecule has 0 aromatic carbocycles. The Hall–Kier alpha value is -0.800. The second-order valence-electron chi connectivity index (χ2n) is 4.19. The lowest BCUT2D eigenvalue weighted by molar-refractivity contribution is -0.0447. The topological polar surface area (TPSA) is 34.1 Å². The summed E-state index contributed by atoms with van der Waals surface area (Å²) in [6.45, 7) is 2.23. The largest absolute Gasteiger partial charge is 0.488 e. The van der Waals surface area contributed by atoms with Gasteiger partial charge in [-0.2, -0.15) is 0 Å². The fourth-order valence-corrected chi connectivity index (χ4v) is 2.47. The normalized spacial score (nSPS) is 32.4. The molecule has 15 heavy (non-hydrogen) atoms. The molecule has 1 unspecified atom stereocenters. The molecule has 2 bridgehead atoms. The summed E-state index contributed by atoms with van der Waals surface area (Å²) in [5.41, 5.74) is 0. The highest BCUT2D eigenvalue weighted by Gasteiger charge is 2.45. The Labute approximate surface area is 95.6 Å². The van der Waals surface area contributed by atoms with E-state index in [0.717, 1.165) is 18.8 Å². The first-order valence-corrected chi connectivity index (χ1v) is 5.21. The molecular weight excluding hydrogens is 212 g/mol. The van der Waals surface area contributed by atoms with Crippen molar-refractivity contribution in [1.29, 1.82) is 0 Å². The minimum atomic E-state index is 0. The van der Waals surface area contributed by atoms with Crippen molar-refractivity contribution in [3.8, 4) is 5.75 Å². The average Bonchev–Trinajstić information content (AvgIpc) is 2.28. The fraction of sp³-hybridized carbons (Fsp3) is 0.545. The number of nitrogens with one attached hydrogen (secondary N) is 1. The predicted octanol–water partition coefficient (Wildman–Crippen LogP) is 1.49. The number of nitrogens with zero attached hydrogens (tertiary/aromatic N) is 1. The predicted molar refractivity (Wildman–Crippen MR) is 60.4 cm³/mol. The average molecular weight is 227 g/mol. The molecule has 0 amide bonds. The van der Waals surface area contributed by atoms with E-state index in [2.05, 4.69) is 10.3 Å². The van der Waals surface area contributed by atoms with Crippen LogP contribution in [-0.4, -0.2) is 24.2 Å². The van der Waals surface area contributed by atoms with Gasteiger partial charge in [-0.3, -0.25) is 4.98 Å². The Bertz CT molecular complexity index is 306. The third-order valence-corrected chi connectivity index (χ3v) is 3.25. The first-order chi connectivity index (χ1) is 6.93. The van der Waals surface area contributed by atoms with Crippen molar-refractivity contribution >= 4 is 12.4 Å². The molecule has 2 aliphatic rings. The van der Waals surface area contributed by atoms with Crippen LogP contribution in [0.3, 0.4) is 0 Å². The molecule has 1 saturated heterocycles. The number of halogens is 1. The van der Waals surface area contributed by atoms with E-state index >= 15 is 0 Å². The Morgan fingerprint density at radius 3 is 2.73 bits per heavy atom. The molecule has 3 atom stereocenters. The van der Waals surface area contributed by atoms with Crippen LogP contribution < -0.4 is 10.1 Å². The van der Waals surface area contributed by atoms with Crippen LogP contribution in [0.2, 0.25) is 0 Å². The lowest BCUT2D eigenvalue weighted by Gasteiger charge is -2.48. The zero-order valence-corrected chi connectivity index (χ0v) is 9.24. The van der Waals surface area contributed by atoms with Gasteiger partial charge >= 0.3 is 0 Å². The van der Waals surface area contributed by atoms with E-state index in [1.54, 1.807) is 12.4 Å². The van der Waals surface area contributed by atoms with Crippen LogP contribution in [0.1, 0.15) is 6.42 Å². The summed E-state index contributed by atoms with van der Waals surface area (Å²) in [5.74, 6) is 2.34. The molecule has 1 aromatic heterocycles. The molecule has 2 fully saturated rings. The van der Waals surface area contributed by atoms with Crippen molar-refractivity contribution in [2.45, 2.75) is 12.5 Å². The fourth-order valence-electron chi connectivity index (χ4n) is 2.47. The standard InChI is InChI=1S/C11H14N2O.ClH/c1-2-10(7-12-3-1)14-11-8-4-9(11)6-13-5-8;/h1-3,7-9,11,13H,4-6H2;1H/t8-,9+,11?;. The van der Waals surface area contributed by atoms with Crippen LogP contribution in [0.25, 0.3) is 0 Å². The third-order valence-electron chi connectivity index (χ3n) is 3.25. The molecule has 3 nitrogen and oxygen atoms in total. The molecule has 1 N–H and O–H groups in total. The molecule has 82 valence electrons. The van der Waals surface area contributed by atoms with Crippen molar-refractivity contribution in [1.82, 2.24) is 10.3 Å². The van der Waals surface area contributed by atoms with E-state index < -0.39 is 0 Å². The monoisotopic (exact) mass is 226 g/mol. The maximum absolute atomic E-state index is 5.91. The Morgan fingerprint density at radius 1 is 1.33 bits per heavy atom. The second-order valence-corrected chi connectivity index (χ2v) is 4.19. The minimum Gasteiger partial charge on any atom is -0.488 e. The number of aromatic nitrogens is 1. The maximum atomic E-state index is 5.91. The van der Waals surface area contributed by atoms with E-state index in [-0.39, 0.29) is 12.4 Å². The molecule has 1 saturated carbocycles. The van der Waals surface area contributed by atoms with Crippen molar-refractivity contribution in [2.24, 2.45) is 11.8 Å². The van der Waals surface area contributed by atoms with E-state index in [4.69, 9.17) is 4.74 Å². The highest BCUT2D eigenvalue weighted by Crippen LogP contribution is 2.39.